The second-order valence-corrected chi connectivity index (χ2v) is 5.21. The van der Waals surface area contributed by atoms with Gasteiger partial charge in [-0.1, -0.05) is 36.4 Å². The number of fused-ring (bicyclic) bond motifs is 1. The number of phenols is 1. The Balaban J connectivity index is 1.67. The number of nitrogens with zero attached hydrogens (tertiary/aromatic N) is 1. The summed E-state index contributed by atoms with van der Waals surface area (Å²) in [6.07, 6.45) is 2.27. The Morgan fingerprint density at radius 2 is 1.42 bits per heavy atom. The summed E-state index contributed by atoms with van der Waals surface area (Å²) < 4.78 is 0. The number of rotatable bonds is 2. The molecule has 0 unspecified atom stereocenters. The fraction of sp³-hybridized carbons (Fsp3) is 0.294. The number of hydrogen-bond acceptors (Lipinski definition) is 2. The first-order valence-corrected chi connectivity index (χ1v) is 6.88. The van der Waals surface area contributed by atoms with E-state index < -0.39 is 0 Å². The number of hydrogen-bond donors (Lipinski definition) is 1. The van der Waals surface area contributed by atoms with Gasteiger partial charge < -0.3 is 5.11 Å². The molecule has 0 saturated heterocycles. The fourth-order valence-electron chi connectivity index (χ4n) is 2.73. The highest BCUT2D eigenvalue weighted by molar-refractivity contribution is 5.29. The van der Waals surface area contributed by atoms with E-state index in [2.05, 4.69) is 29.2 Å². The van der Waals surface area contributed by atoms with Crippen LogP contribution in [0.3, 0.4) is 0 Å². The van der Waals surface area contributed by atoms with Crippen LogP contribution in [-0.2, 0) is 19.4 Å². The molecule has 2 aromatic carbocycles. The average Bonchev–Trinajstić information content (AvgIpc) is 2.64. The predicted octanol–water partition coefficient (Wildman–Crippen LogP) is 2.99. The van der Waals surface area contributed by atoms with E-state index in [0.29, 0.717) is 5.75 Å². The maximum atomic E-state index is 9.31. The molecule has 0 bridgehead atoms. The van der Waals surface area contributed by atoms with E-state index in [0.717, 1.165) is 32.5 Å². The second kappa shape index (κ2) is 5.45. The molecule has 1 aliphatic rings. The highest BCUT2D eigenvalue weighted by Crippen LogP contribution is 2.18. The Hall–Kier alpha value is -1.80. The van der Waals surface area contributed by atoms with E-state index in [-0.39, 0.29) is 0 Å². The largest absolute Gasteiger partial charge is 0.508 e. The van der Waals surface area contributed by atoms with Crippen LogP contribution in [0.15, 0.2) is 48.5 Å². The summed E-state index contributed by atoms with van der Waals surface area (Å²) in [7, 11) is 0. The van der Waals surface area contributed by atoms with Gasteiger partial charge in [-0.3, -0.25) is 4.90 Å². The highest BCUT2D eigenvalue weighted by atomic mass is 16.3. The summed E-state index contributed by atoms with van der Waals surface area (Å²) >= 11 is 0. The normalized spacial score (nSPS) is 15.8. The van der Waals surface area contributed by atoms with Gasteiger partial charge in [0.25, 0.3) is 0 Å². The minimum absolute atomic E-state index is 0.340. The predicted molar refractivity (Wildman–Crippen MR) is 77.2 cm³/mol. The Bertz CT molecular complexity index is 520. The van der Waals surface area contributed by atoms with Crippen molar-refractivity contribution in [2.24, 2.45) is 0 Å². The van der Waals surface area contributed by atoms with Crippen molar-refractivity contribution in [3.8, 4) is 5.75 Å². The molecule has 3 rings (SSSR count). The summed E-state index contributed by atoms with van der Waals surface area (Å²) in [6.45, 7) is 3.18. The molecule has 1 aliphatic heterocycles. The third kappa shape index (κ3) is 2.96. The lowest BCUT2D eigenvalue weighted by Gasteiger charge is -2.19. The standard InChI is InChI=1S/C17H19NO/c19-17-7-5-14(6-8-17)13-18-11-9-15-3-1-2-4-16(15)10-12-18/h1-8,19H,9-13H2. The van der Waals surface area contributed by atoms with Crippen molar-refractivity contribution in [1.29, 1.82) is 0 Å². The Morgan fingerprint density at radius 3 is 2.00 bits per heavy atom. The average molecular weight is 253 g/mol. The van der Waals surface area contributed by atoms with Crippen LogP contribution < -0.4 is 0 Å². The van der Waals surface area contributed by atoms with Gasteiger partial charge in [-0.05, 0) is 41.7 Å². The molecule has 1 N–H and O–H groups in total. The zero-order chi connectivity index (χ0) is 13.1. The van der Waals surface area contributed by atoms with Crippen LogP contribution in [0, 0.1) is 0 Å². The van der Waals surface area contributed by atoms with Gasteiger partial charge in [-0.25, -0.2) is 0 Å². The summed E-state index contributed by atoms with van der Waals surface area (Å²) in [4.78, 5) is 2.49. The van der Waals surface area contributed by atoms with Crippen LogP contribution in [0.2, 0.25) is 0 Å². The van der Waals surface area contributed by atoms with Crippen molar-refractivity contribution in [3.05, 3.63) is 65.2 Å². The summed E-state index contributed by atoms with van der Waals surface area (Å²) in [5.41, 5.74) is 4.26. The quantitative estimate of drug-likeness (QED) is 0.889. The van der Waals surface area contributed by atoms with Crippen molar-refractivity contribution >= 4 is 0 Å². The van der Waals surface area contributed by atoms with Gasteiger partial charge in [0.15, 0.2) is 0 Å². The van der Waals surface area contributed by atoms with E-state index in [1.54, 1.807) is 12.1 Å². The van der Waals surface area contributed by atoms with Gasteiger partial charge >= 0.3 is 0 Å². The molecule has 2 heteroatoms. The minimum Gasteiger partial charge on any atom is -0.508 e. The zero-order valence-corrected chi connectivity index (χ0v) is 11.0. The molecule has 19 heavy (non-hydrogen) atoms. The smallest absolute Gasteiger partial charge is 0.115 e. The SMILES string of the molecule is Oc1ccc(CN2CCc3ccccc3CC2)cc1. The van der Waals surface area contributed by atoms with Gasteiger partial charge in [0, 0.05) is 19.6 Å². The fourth-order valence-corrected chi connectivity index (χ4v) is 2.73. The second-order valence-electron chi connectivity index (χ2n) is 5.21. The molecule has 1 heterocycles. The van der Waals surface area contributed by atoms with Crippen molar-refractivity contribution in [2.75, 3.05) is 13.1 Å². The van der Waals surface area contributed by atoms with E-state index in [4.69, 9.17) is 0 Å². The molecule has 98 valence electrons. The van der Waals surface area contributed by atoms with Crippen molar-refractivity contribution in [3.63, 3.8) is 0 Å². The topological polar surface area (TPSA) is 23.5 Å². The van der Waals surface area contributed by atoms with Gasteiger partial charge in [-0.2, -0.15) is 0 Å². The van der Waals surface area contributed by atoms with Crippen LogP contribution >= 0.6 is 0 Å². The molecule has 0 fully saturated rings. The molecule has 0 aromatic heterocycles. The Kier molecular flexibility index (Phi) is 3.51. The summed E-state index contributed by atoms with van der Waals surface area (Å²) in [5.74, 6) is 0.340. The molecule has 0 radical (unpaired) electrons. The third-order valence-corrected chi connectivity index (χ3v) is 3.86. The third-order valence-electron chi connectivity index (χ3n) is 3.86. The maximum absolute atomic E-state index is 9.31. The van der Waals surface area contributed by atoms with E-state index in [1.807, 2.05) is 12.1 Å². The lowest BCUT2D eigenvalue weighted by atomic mass is 10.0. The van der Waals surface area contributed by atoms with E-state index in [1.165, 1.54) is 16.7 Å². The first-order chi connectivity index (χ1) is 9.31. The molecular formula is C17H19NO. The molecule has 2 nitrogen and oxygen atoms in total. The van der Waals surface area contributed by atoms with Crippen LogP contribution in [0.25, 0.3) is 0 Å². The van der Waals surface area contributed by atoms with Crippen LogP contribution in [0.5, 0.6) is 5.75 Å². The lowest BCUT2D eigenvalue weighted by molar-refractivity contribution is 0.279. The van der Waals surface area contributed by atoms with Crippen LogP contribution in [0.4, 0.5) is 0 Å². The van der Waals surface area contributed by atoms with Gasteiger partial charge in [0.2, 0.25) is 0 Å². The van der Waals surface area contributed by atoms with E-state index >= 15 is 0 Å². The van der Waals surface area contributed by atoms with Crippen LogP contribution in [-0.4, -0.2) is 23.1 Å². The minimum atomic E-state index is 0.340. The number of benzene rings is 2. The summed E-state index contributed by atoms with van der Waals surface area (Å²) in [6, 6.07) is 16.3. The zero-order valence-electron chi connectivity index (χ0n) is 11.0. The molecule has 0 saturated carbocycles. The molecule has 0 amide bonds. The molecule has 0 atom stereocenters. The van der Waals surface area contributed by atoms with Crippen molar-refractivity contribution < 1.29 is 5.11 Å². The van der Waals surface area contributed by atoms with Crippen molar-refractivity contribution in [1.82, 2.24) is 4.90 Å². The Labute approximate surface area is 114 Å². The Morgan fingerprint density at radius 1 is 0.842 bits per heavy atom. The summed E-state index contributed by atoms with van der Waals surface area (Å²) in [5, 5.41) is 9.31. The molecule has 0 aliphatic carbocycles. The maximum Gasteiger partial charge on any atom is 0.115 e. The van der Waals surface area contributed by atoms with Gasteiger partial charge in [-0.15, -0.1) is 0 Å². The lowest BCUT2D eigenvalue weighted by Crippen LogP contribution is -2.25. The van der Waals surface area contributed by atoms with Crippen molar-refractivity contribution in [2.45, 2.75) is 19.4 Å². The number of phenolic OH excluding ortho intramolecular Hbond substituents is 1. The van der Waals surface area contributed by atoms with Gasteiger partial charge in [0.05, 0.1) is 0 Å². The molecule has 2 aromatic rings. The molecular weight excluding hydrogens is 234 g/mol. The monoisotopic (exact) mass is 253 g/mol. The highest BCUT2D eigenvalue weighted by Gasteiger charge is 2.13. The first-order valence-electron chi connectivity index (χ1n) is 6.88. The van der Waals surface area contributed by atoms with Gasteiger partial charge in [0.1, 0.15) is 5.75 Å². The number of aromatic hydroxyl groups is 1. The first kappa shape index (κ1) is 12.2. The van der Waals surface area contributed by atoms with E-state index in [9.17, 15) is 5.11 Å². The molecule has 0 spiro atoms. The van der Waals surface area contributed by atoms with Crippen LogP contribution in [0.1, 0.15) is 16.7 Å².